The Labute approximate surface area is 122 Å². The monoisotopic (exact) mass is 283 g/mol. The van der Waals surface area contributed by atoms with Crippen molar-refractivity contribution < 1.29 is 9.15 Å². The highest BCUT2D eigenvalue weighted by atomic mass is 16.5. The van der Waals surface area contributed by atoms with Gasteiger partial charge in [0.1, 0.15) is 5.52 Å². The predicted molar refractivity (Wildman–Crippen MR) is 78.8 cm³/mol. The van der Waals surface area contributed by atoms with Gasteiger partial charge in [-0.3, -0.25) is 0 Å². The zero-order valence-corrected chi connectivity index (χ0v) is 11.7. The highest BCUT2D eigenvalue weighted by Crippen LogP contribution is 2.27. The number of imidazole rings is 1. The summed E-state index contributed by atoms with van der Waals surface area (Å²) in [5.74, 6) is 2.26. The Hall–Kier alpha value is -2.14. The number of hydrogen-bond acceptors (Lipinski definition) is 4. The molecule has 0 atom stereocenters. The molecule has 5 heteroatoms. The summed E-state index contributed by atoms with van der Waals surface area (Å²) in [5.41, 5.74) is 1.84. The summed E-state index contributed by atoms with van der Waals surface area (Å²) in [6.45, 7) is 2.61. The van der Waals surface area contributed by atoms with Crippen molar-refractivity contribution in [2.24, 2.45) is 5.92 Å². The molecular formula is C16H17N3O2. The van der Waals surface area contributed by atoms with Gasteiger partial charge >= 0.3 is 0 Å². The molecule has 21 heavy (non-hydrogen) atoms. The van der Waals surface area contributed by atoms with Gasteiger partial charge in [-0.15, -0.1) is 0 Å². The fourth-order valence-electron chi connectivity index (χ4n) is 2.91. The molecule has 1 fully saturated rings. The minimum absolute atomic E-state index is 0.604. The Morgan fingerprint density at radius 3 is 2.90 bits per heavy atom. The summed E-state index contributed by atoms with van der Waals surface area (Å²) in [6, 6.07) is 7.75. The Morgan fingerprint density at radius 2 is 2.10 bits per heavy atom. The Bertz CT molecular complexity index is 727. The van der Waals surface area contributed by atoms with Crippen LogP contribution in [-0.4, -0.2) is 27.7 Å². The van der Waals surface area contributed by atoms with E-state index in [0.29, 0.717) is 5.92 Å². The molecule has 0 amide bonds. The fraction of sp³-hybridized carbons (Fsp3) is 0.375. The zero-order chi connectivity index (χ0) is 14.1. The van der Waals surface area contributed by atoms with E-state index in [1.807, 2.05) is 30.5 Å². The van der Waals surface area contributed by atoms with E-state index in [0.717, 1.165) is 55.3 Å². The van der Waals surface area contributed by atoms with E-state index < -0.39 is 0 Å². The number of pyridine rings is 1. The quantitative estimate of drug-likeness (QED) is 0.741. The number of nitrogens with zero attached hydrogens (tertiary/aromatic N) is 3. The van der Waals surface area contributed by atoms with Crippen LogP contribution in [0.1, 0.15) is 12.8 Å². The van der Waals surface area contributed by atoms with E-state index in [4.69, 9.17) is 14.1 Å². The van der Waals surface area contributed by atoms with E-state index in [1.54, 1.807) is 6.26 Å². The van der Waals surface area contributed by atoms with E-state index in [9.17, 15) is 0 Å². The third-order valence-electron chi connectivity index (χ3n) is 4.03. The third kappa shape index (κ3) is 2.34. The molecule has 3 aromatic rings. The second-order valence-corrected chi connectivity index (χ2v) is 5.43. The number of rotatable bonds is 3. The average Bonchev–Trinajstić information content (AvgIpc) is 3.16. The normalized spacial score (nSPS) is 16.6. The molecule has 0 aromatic carbocycles. The van der Waals surface area contributed by atoms with Crippen LogP contribution in [0.2, 0.25) is 0 Å². The smallest absolute Gasteiger partial charge is 0.178 e. The van der Waals surface area contributed by atoms with Crippen LogP contribution in [0.5, 0.6) is 0 Å². The minimum Gasteiger partial charge on any atom is -0.461 e. The number of fused-ring (bicyclic) bond motifs is 1. The number of furan rings is 1. The standard InChI is InChI=1S/C16H17N3O2/c1-3-13-15(17-7-1)19(11-12-5-9-20-10-6-12)16(18-13)14-4-2-8-21-14/h1-4,7-8,12H,5-6,9-11H2. The van der Waals surface area contributed by atoms with Crippen LogP contribution in [0.15, 0.2) is 41.1 Å². The van der Waals surface area contributed by atoms with Crippen molar-refractivity contribution in [1.29, 1.82) is 0 Å². The Kier molecular flexibility index (Phi) is 3.20. The molecule has 4 rings (SSSR count). The molecule has 0 spiro atoms. The maximum Gasteiger partial charge on any atom is 0.178 e. The first-order chi connectivity index (χ1) is 10.4. The molecule has 1 saturated heterocycles. The van der Waals surface area contributed by atoms with Gasteiger partial charge in [-0.1, -0.05) is 0 Å². The van der Waals surface area contributed by atoms with E-state index in [2.05, 4.69) is 9.55 Å². The average molecular weight is 283 g/mol. The van der Waals surface area contributed by atoms with Crippen LogP contribution in [0, 0.1) is 5.92 Å². The molecule has 0 radical (unpaired) electrons. The van der Waals surface area contributed by atoms with Crippen LogP contribution in [-0.2, 0) is 11.3 Å². The summed E-state index contributed by atoms with van der Waals surface area (Å²) in [5, 5.41) is 0. The highest BCUT2D eigenvalue weighted by Gasteiger charge is 2.20. The van der Waals surface area contributed by atoms with Crippen molar-refractivity contribution in [2.75, 3.05) is 13.2 Å². The SMILES string of the molecule is c1coc(-c2nc3cccnc3n2CC2CCOCC2)c1. The lowest BCUT2D eigenvalue weighted by Crippen LogP contribution is -2.20. The van der Waals surface area contributed by atoms with Crippen LogP contribution in [0.25, 0.3) is 22.7 Å². The zero-order valence-electron chi connectivity index (χ0n) is 11.7. The summed E-state index contributed by atoms with van der Waals surface area (Å²) < 4.78 is 13.2. The molecule has 0 unspecified atom stereocenters. The largest absolute Gasteiger partial charge is 0.461 e. The van der Waals surface area contributed by atoms with Crippen LogP contribution in [0.3, 0.4) is 0 Å². The topological polar surface area (TPSA) is 53.1 Å². The van der Waals surface area contributed by atoms with Gasteiger partial charge in [0.25, 0.3) is 0 Å². The molecular weight excluding hydrogens is 266 g/mol. The number of hydrogen-bond donors (Lipinski definition) is 0. The van der Waals surface area contributed by atoms with E-state index >= 15 is 0 Å². The molecule has 4 heterocycles. The molecule has 0 aliphatic carbocycles. The fourth-order valence-corrected chi connectivity index (χ4v) is 2.91. The summed E-state index contributed by atoms with van der Waals surface area (Å²) in [4.78, 5) is 9.20. The Balaban J connectivity index is 1.78. The molecule has 0 bridgehead atoms. The van der Waals surface area contributed by atoms with Crippen LogP contribution >= 0.6 is 0 Å². The van der Waals surface area contributed by atoms with Crippen molar-refractivity contribution in [3.05, 3.63) is 36.7 Å². The Morgan fingerprint density at radius 1 is 1.19 bits per heavy atom. The van der Waals surface area contributed by atoms with Gasteiger partial charge in [0.05, 0.1) is 6.26 Å². The van der Waals surface area contributed by atoms with Gasteiger partial charge in [-0.2, -0.15) is 0 Å². The van der Waals surface area contributed by atoms with Gasteiger partial charge in [0.15, 0.2) is 17.2 Å². The maximum absolute atomic E-state index is 5.54. The van der Waals surface area contributed by atoms with Gasteiger partial charge in [0.2, 0.25) is 0 Å². The lowest BCUT2D eigenvalue weighted by molar-refractivity contribution is 0.0616. The first-order valence-corrected chi connectivity index (χ1v) is 7.35. The van der Waals surface area contributed by atoms with Crippen LogP contribution < -0.4 is 0 Å². The molecule has 108 valence electrons. The van der Waals surface area contributed by atoms with Crippen molar-refractivity contribution >= 4 is 11.2 Å². The molecule has 1 aliphatic rings. The molecule has 3 aromatic heterocycles. The number of aromatic nitrogens is 3. The lowest BCUT2D eigenvalue weighted by Gasteiger charge is -2.23. The van der Waals surface area contributed by atoms with Crippen LogP contribution in [0.4, 0.5) is 0 Å². The summed E-state index contributed by atoms with van der Waals surface area (Å²) in [7, 11) is 0. The van der Waals surface area contributed by atoms with E-state index in [-0.39, 0.29) is 0 Å². The highest BCUT2D eigenvalue weighted by molar-refractivity contribution is 5.75. The third-order valence-corrected chi connectivity index (χ3v) is 4.03. The summed E-state index contributed by atoms with van der Waals surface area (Å²) >= 11 is 0. The second kappa shape index (κ2) is 5.33. The predicted octanol–water partition coefficient (Wildman–Crippen LogP) is 3.12. The first-order valence-electron chi connectivity index (χ1n) is 7.35. The molecule has 5 nitrogen and oxygen atoms in total. The van der Waals surface area contributed by atoms with E-state index in [1.165, 1.54) is 0 Å². The van der Waals surface area contributed by atoms with Crippen molar-refractivity contribution in [2.45, 2.75) is 19.4 Å². The second-order valence-electron chi connectivity index (χ2n) is 5.43. The lowest BCUT2D eigenvalue weighted by atomic mass is 10.0. The van der Waals surface area contributed by atoms with Gasteiger partial charge in [0, 0.05) is 26.0 Å². The van der Waals surface area contributed by atoms with Gasteiger partial charge in [-0.25, -0.2) is 9.97 Å². The van der Waals surface area contributed by atoms with Crippen molar-refractivity contribution in [1.82, 2.24) is 14.5 Å². The minimum atomic E-state index is 0.604. The molecule has 0 saturated carbocycles. The number of ether oxygens (including phenoxy) is 1. The van der Waals surface area contributed by atoms with Crippen molar-refractivity contribution in [3.8, 4) is 11.6 Å². The van der Waals surface area contributed by atoms with Gasteiger partial charge in [-0.05, 0) is 43.0 Å². The maximum atomic E-state index is 5.54. The van der Waals surface area contributed by atoms with Crippen molar-refractivity contribution in [3.63, 3.8) is 0 Å². The van der Waals surface area contributed by atoms with Gasteiger partial charge < -0.3 is 13.7 Å². The molecule has 1 aliphatic heterocycles. The summed E-state index contributed by atoms with van der Waals surface area (Å²) in [6.07, 6.45) is 5.67. The first kappa shape index (κ1) is 12.6. The molecule has 0 N–H and O–H groups in total.